The molecule has 1 aliphatic heterocycles. The number of amides is 1. The molecule has 1 heterocycles. The number of hydrogen-bond donors (Lipinski definition) is 1. The molecule has 156 valence electrons. The Morgan fingerprint density at radius 1 is 1.17 bits per heavy atom. The summed E-state index contributed by atoms with van der Waals surface area (Å²) in [7, 11) is -3.53. The van der Waals surface area contributed by atoms with E-state index in [0.717, 1.165) is 11.8 Å². The van der Waals surface area contributed by atoms with Gasteiger partial charge in [-0.1, -0.05) is 17.7 Å². The molecule has 0 spiro atoms. The predicted octanol–water partition coefficient (Wildman–Crippen LogP) is 3.60. The summed E-state index contributed by atoms with van der Waals surface area (Å²) in [5, 5.41) is 3.39. The van der Waals surface area contributed by atoms with Crippen LogP contribution in [0.3, 0.4) is 0 Å². The fourth-order valence-electron chi connectivity index (χ4n) is 3.01. The number of fused-ring (bicyclic) bond motifs is 1. The number of benzene rings is 2. The van der Waals surface area contributed by atoms with Gasteiger partial charge in [-0.2, -0.15) is 0 Å². The van der Waals surface area contributed by atoms with Gasteiger partial charge in [-0.25, -0.2) is 8.42 Å². The smallest absolute Gasteiger partial charge is 0.232 e. The van der Waals surface area contributed by atoms with Crippen molar-refractivity contribution in [2.45, 2.75) is 19.8 Å². The molecule has 1 N–H and O–H groups in total. The molecule has 0 atom stereocenters. The Hall–Kier alpha value is -2.45. The molecular formula is C20H23ClN2O5S. The number of halogens is 1. The van der Waals surface area contributed by atoms with E-state index in [1.165, 1.54) is 4.31 Å². The molecule has 0 radical (unpaired) electrons. The van der Waals surface area contributed by atoms with Crippen LogP contribution in [0.5, 0.6) is 11.5 Å². The summed E-state index contributed by atoms with van der Waals surface area (Å²) in [6.07, 6.45) is 1.66. The third kappa shape index (κ3) is 5.33. The molecule has 0 unspecified atom stereocenters. The van der Waals surface area contributed by atoms with Gasteiger partial charge in [-0.3, -0.25) is 9.10 Å². The standard InChI is InChI=1S/C20H23ClN2O5S/c1-14-16(21)5-3-6-17(14)22-20(24)7-4-10-23(29(2,25)26)15-8-9-18-19(13-15)28-12-11-27-18/h3,5-6,8-9,13H,4,7,10-12H2,1-2H3,(H,22,24). The Morgan fingerprint density at radius 2 is 1.90 bits per heavy atom. The Balaban J connectivity index is 1.64. The lowest BCUT2D eigenvalue weighted by molar-refractivity contribution is -0.116. The summed E-state index contributed by atoms with van der Waals surface area (Å²) in [4.78, 5) is 12.3. The maximum absolute atomic E-state index is 12.3. The zero-order chi connectivity index (χ0) is 21.0. The quantitative estimate of drug-likeness (QED) is 0.713. The second-order valence-electron chi connectivity index (χ2n) is 6.73. The van der Waals surface area contributed by atoms with Gasteiger partial charge in [0.15, 0.2) is 11.5 Å². The van der Waals surface area contributed by atoms with Gasteiger partial charge in [0.05, 0.1) is 11.9 Å². The maximum atomic E-state index is 12.3. The largest absolute Gasteiger partial charge is 0.486 e. The second kappa shape index (κ2) is 8.92. The third-order valence-corrected chi connectivity index (χ3v) is 6.12. The van der Waals surface area contributed by atoms with Gasteiger partial charge in [0.25, 0.3) is 0 Å². The zero-order valence-corrected chi connectivity index (χ0v) is 17.8. The van der Waals surface area contributed by atoms with Crippen LogP contribution in [0.1, 0.15) is 18.4 Å². The number of carbonyl (C=O) groups excluding carboxylic acids is 1. The van der Waals surface area contributed by atoms with Crippen LogP contribution in [-0.2, 0) is 14.8 Å². The number of sulfonamides is 1. The molecule has 3 rings (SSSR count). The topological polar surface area (TPSA) is 84.9 Å². The van der Waals surface area contributed by atoms with Gasteiger partial charge < -0.3 is 14.8 Å². The van der Waals surface area contributed by atoms with Crippen molar-refractivity contribution in [3.63, 3.8) is 0 Å². The van der Waals surface area contributed by atoms with E-state index in [1.807, 2.05) is 6.92 Å². The van der Waals surface area contributed by atoms with E-state index in [1.54, 1.807) is 36.4 Å². The highest BCUT2D eigenvalue weighted by atomic mass is 35.5. The second-order valence-corrected chi connectivity index (χ2v) is 9.04. The zero-order valence-electron chi connectivity index (χ0n) is 16.3. The normalized spacial score (nSPS) is 13.1. The van der Waals surface area contributed by atoms with Gasteiger partial charge in [-0.15, -0.1) is 0 Å². The first kappa shape index (κ1) is 21.3. The van der Waals surface area contributed by atoms with Crippen molar-refractivity contribution in [1.29, 1.82) is 0 Å². The molecule has 0 aromatic heterocycles. The number of anilines is 2. The Bertz CT molecular complexity index is 1010. The van der Waals surface area contributed by atoms with Crippen LogP contribution in [0.25, 0.3) is 0 Å². The number of hydrogen-bond acceptors (Lipinski definition) is 5. The highest BCUT2D eigenvalue weighted by Gasteiger charge is 2.21. The highest BCUT2D eigenvalue weighted by molar-refractivity contribution is 7.92. The molecule has 0 fully saturated rings. The van der Waals surface area contributed by atoms with E-state index in [-0.39, 0.29) is 18.9 Å². The van der Waals surface area contributed by atoms with E-state index >= 15 is 0 Å². The molecule has 0 saturated carbocycles. The maximum Gasteiger partial charge on any atom is 0.232 e. The lowest BCUT2D eigenvalue weighted by Crippen LogP contribution is -2.31. The van der Waals surface area contributed by atoms with Crippen LogP contribution in [0.15, 0.2) is 36.4 Å². The fourth-order valence-corrected chi connectivity index (χ4v) is 4.14. The first-order valence-electron chi connectivity index (χ1n) is 9.18. The Morgan fingerprint density at radius 3 is 2.62 bits per heavy atom. The molecule has 1 amide bonds. The van der Waals surface area contributed by atoms with Crippen molar-refractivity contribution in [2.75, 3.05) is 35.6 Å². The molecule has 1 aliphatic rings. The summed E-state index contributed by atoms with van der Waals surface area (Å²) in [6.45, 7) is 2.87. The average Bonchev–Trinajstić information content (AvgIpc) is 2.67. The van der Waals surface area contributed by atoms with Gasteiger partial charge in [-0.05, 0) is 43.2 Å². The molecule has 9 heteroatoms. The van der Waals surface area contributed by atoms with Crippen molar-refractivity contribution in [1.82, 2.24) is 0 Å². The molecule has 0 aliphatic carbocycles. The monoisotopic (exact) mass is 438 g/mol. The van der Waals surface area contributed by atoms with Crippen LogP contribution in [0.4, 0.5) is 11.4 Å². The van der Waals surface area contributed by atoms with Gasteiger partial charge >= 0.3 is 0 Å². The van der Waals surface area contributed by atoms with Crippen LogP contribution < -0.4 is 19.1 Å². The Kier molecular flexibility index (Phi) is 6.54. The number of nitrogens with one attached hydrogen (secondary N) is 1. The first-order valence-corrected chi connectivity index (χ1v) is 11.4. The van der Waals surface area contributed by atoms with E-state index in [0.29, 0.717) is 47.5 Å². The number of carbonyl (C=O) groups is 1. The van der Waals surface area contributed by atoms with Crippen LogP contribution in [0.2, 0.25) is 5.02 Å². The fraction of sp³-hybridized carbons (Fsp3) is 0.350. The average molecular weight is 439 g/mol. The van der Waals surface area contributed by atoms with Gasteiger partial charge in [0.1, 0.15) is 13.2 Å². The third-order valence-electron chi connectivity index (χ3n) is 4.52. The molecule has 7 nitrogen and oxygen atoms in total. The summed E-state index contributed by atoms with van der Waals surface area (Å²) in [6, 6.07) is 10.3. The summed E-state index contributed by atoms with van der Waals surface area (Å²) < 4.78 is 36.9. The van der Waals surface area contributed by atoms with Crippen molar-refractivity contribution in [3.05, 3.63) is 47.0 Å². The molecule has 2 aromatic rings. The van der Waals surface area contributed by atoms with Gasteiger partial charge in [0, 0.05) is 29.7 Å². The lowest BCUT2D eigenvalue weighted by Gasteiger charge is -2.25. The van der Waals surface area contributed by atoms with E-state index in [2.05, 4.69) is 5.32 Å². The van der Waals surface area contributed by atoms with E-state index in [9.17, 15) is 13.2 Å². The highest BCUT2D eigenvalue weighted by Crippen LogP contribution is 2.34. The first-order chi connectivity index (χ1) is 13.8. The lowest BCUT2D eigenvalue weighted by atomic mass is 10.2. The summed E-state index contributed by atoms with van der Waals surface area (Å²) in [5.74, 6) is 0.896. The van der Waals surface area contributed by atoms with E-state index < -0.39 is 10.0 Å². The number of ether oxygens (including phenoxy) is 2. The minimum absolute atomic E-state index is 0.167. The number of nitrogens with zero attached hydrogens (tertiary/aromatic N) is 1. The van der Waals surface area contributed by atoms with Crippen molar-refractivity contribution < 1.29 is 22.7 Å². The van der Waals surface area contributed by atoms with Crippen LogP contribution in [-0.4, -0.2) is 40.3 Å². The van der Waals surface area contributed by atoms with Crippen LogP contribution >= 0.6 is 11.6 Å². The van der Waals surface area contributed by atoms with E-state index in [4.69, 9.17) is 21.1 Å². The predicted molar refractivity (Wildman–Crippen MR) is 114 cm³/mol. The minimum atomic E-state index is -3.53. The minimum Gasteiger partial charge on any atom is -0.486 e. The van der Waals surface area contributed by atoms with Crippen LogP contribution in [0, 0.1) is 6.92 Å². The molecule has 2 aromatic carbocycles. The van der Waals surface area contributed by atoms with Crippen molar-refractivity contribution in [2.24, 2.45) is 0 Å². The number of rotatable bonds is 7. The molecular weight excluding hydrogens is 416 g/mol. The van der Waals surface area contributed by atoms with Crippen molar-refractivity contribution >= 4 is 38.9 Å². The summed E-state index contributed by atoms with van der Waals surface area (Å²) >= 11 is 6.07. The van der Waals surface area contributed by atoms with Gasteiger partial charge in [0.2, 0.25) is 15.9 Å². The van der Waals surface area contributed by atoms with Crippen molar-refractivity contribution in [3.8, 4) is 11.5 Å². The SMILES string of the molecule is Cc1c(Cl)cccc1NC(=O)CCCN(c1ccc2c(c1)OCCO2)S(C)(=O)=O. The molecule has 0 saturated heterocycles. The Labute approximate surface area is 175 Å². The summed E-state index contributed by atoms with van der Waals surface area (Å²) in [5.41, 5.74) is 1.91. The molecule has 0 bridgehead atoms. The molecule has 29 heavy (non-hydrogen) atoms.